The van der Waals surface area contributed by atoms with Crippen LogP contribution in [0, 0.1) is 6.92 Å². The Morgan fingerprint density at radius 2 is 1.96 bits per heavy atom. The molecule has 140 valence electrons. The Morgan fingerprint density at radius 1 is 1.27 bits per heavy atom. The minimum absolute atomic E-state index is 0.00455. The predicted molar refractivity (Wildman–Crippen MR) is 94.6 cm³/mol. The highest BCUT2D eigenvalue weighted by Crippen LogP contribution is 2.34. The van der Waals surface area contributed by atoms with E-state index in [1.54, 1.807) is 6.92 Å². The summed E-state index contributed by atoms with van der Waals surface area (Å²) in [5.41, 5.74) is -1.02. The van der Waals surface area contributed by atoms with Crippen molar-refractivity contribution in [3.05, 3.63) is 46.4 Å². The van der Waals surface area contributed by atoms with Crippen LogP contribution in [0.5, 0.6) is 0 Å². The minimum atomic E-state index is -4.54. The Morgan fingerprint density at radius 3 is 2.58 bits per heavy atom. The van der Waals surface area contributed by atoms with Gasteiger partial charge in [-0.2, -0.15) is 13.2 Å². The van der Waals surface area contributed by atoms with Gasteiger partial charge in [-0.25, -0.2) is 9.97 Å². The van der Waals surface area contributed by atoms with Gasteiger partial charge in [0, 0.05) is 12.1 Å². The van der Waals surface area contributed by atoms with Crippen LogP contribution in [0.25, 0.3) is 0 Å². The monoisotopic (exact) mass is 386 g/mol. The first-order valence-corrected chi connectivity index (χ1v) is 8.28. The van der Waals surface area contributed by atoms with Crippen molar-refractivity contribution in [1.29, 1.82) is 0 Å². The van der Waals surface area contributed by atoms with E-state index in [0.29, 0.717) is 11.6 Å². The zero-order valence-electron chi connectivity index (χ0n) is 14.4. The molecule has 0 spiro atoms. The number of nitrogens with one attached hydrogen (secondary N) is 2. The van der Waals surface area contributed by atoms with E-state index in [0.717, 1.165) is 24.6 Å². The summed E-state index contributed by atoms with van der Waals surface area (Å²) in [4.78, 5) is 20.7. The largest absolute Gasteiger partial charge is 0.416 e. The maximum Gasteiger partial charge on any atom is 0.416 e. The second-order valence-corrected chi connectivity index (χ2v) is 6.19. The predicted octanol–water partition coefficient (Wildman–Crippen LogP) is 4.92. The van der Waals surface area contributed by atoms with E-state index in [1.807, 2.05) is 13.8 Å². The third kappa shape index (κ3) is 5.08. The van der Waals surface area contributed by atoms with Crippen molar-refractivity contribution in [2.45, 2.75) is 39.4 Å². The number of aryl methyl sites for hydroxylation is 1. The molecule has 2 N–H and O–H groups in total. The number of rotatable bonds is 5. The summed E-state index contributed by atoms with van der Waals surface area (Å²) < 4.78 is 38.5. The third-order valence-corrected chi connectivity index (χ3v) is 3.95. The average molecular weight is 387 g/mol. The maximum atomic E-state index is 12.8. The summed E-state index contributed by atoms with van der Waals surface area (Å²) >= 11 is 5.90. The number of halogens is 4. The Balaban J connectivity index is 2.28. The second-order valence-electron chi connectivity index (χ2n) is 5.79. The van der Waals surface area contributed by atoms with E-state index in [9.17, 15) is 18.0 Å². The fraction of sp³-hybridized carbons (Fsp3) is 0.353. The highest BCUT2D eigenvalue weighted by molar-refractivity contribution is 6.33. The number of hydrogen-bond donors (Lipinski definition) is 2. The minimum Gasteiger partial charge on any atom is -0.368 e. The molecule has 26 heavy (non-hydrogen) atoms. The number of carbonyl (C=O) groups excluding carboxylic acids is 1. The molecular weight excluding hydrogens is 369 g/mol. The SMILES string of the molecule is CCC(C)Nc1cc(C(=O)Nc2cc(C(F)(F)F)ccc2Cl)nc(C)n1. The van der Waals surface area contributed by atoms with Gasteiger partial charge in [-0.3, -0.25) is 4.79 Å². The lowest BCUT2D eigenvalue weighted by Crippen LogP contribution is -2.19. The topological polar surface area (TPSA) is 66.9 Å². The highest BCUT2D eigenvalue weighted by Gasteiger charge is 2.31. The fourth-order valence-corrected chi connectivity index (χ4v) is 2.26. The van der Waals surface area contributed by atoms with Crippen LogP contribution < -0.4 is 10.6 Å². The molecule has 1 amide bonds. The van der Waals surface area contributed by atoms with Gasteiger partial charge < -0.3 is 10.6 Å². The Labute approximate surface area is 154 Å². The molecule has 1 aromatic carbocycles. The molecular formula is C17H18ClF3N4O. The van der Waals surface area contributed by atoms with Gasteiger partial charge in [0.2, 0.25) is 0 Å². The second kappa shape index (κ2) is 7.90. The Hall–Kier alpha value is -2.35. The van der Waals surface area contributed by atoms with Crippen molar-refractivity contribution in [2.24, 2.45) is 0 Å². The smallest absolute Gasteiger partial charge is 0.368 e. The number of nitrogens with zero attached hydrogens (tertiary/aromatic N) is 2. The molecule has 1 atom stereocenters. The van der Waals surface area contributed by atoms with Crippen molar-refractivity contribution in [3.63, 3.8) is 0 Å². The summed E-state index contributed by atoms with van der Waals surface area (Å²) in [5, 5.41) is 5.49. The van der Waals surface area contributed by atoms with Gasteiger partial charge in [-0.1, -0.05) is 18.5 Å². The van der Waals surface area contributed by atoms with Gasteiger partial charge in [0.15, 0.2) is 0 Å². The number of hydrogen-bond acceptors (Lipinski definition) is 4. The van der Waals surface area contributed by atoms with Crippen LogP contribution in [0.1, 0.15) is 42.1 Å². The van der Waals surface area contributed by atoms with E-state index in [2.05, 4.69) is 20.6 Å². The zero-order chi connectivity index (χ0) is 19.5. The van der Waals surface area contributed by atoms with Gasteiger partial charge in [-0.15, -0.1) is 0 Å². The number of anilines is 2. The molecule has 1 unspecified atom stereocenters. The van der Waals surface area contributed by atoms with Crippen LogP contribution in [0.4, 0.5) is 24.7 Å². The van der Waals surface area contributed by atoms with Gasteiger partial charge in [0.25, 0.3) is 5.91 Å². The molecule has 2 rings (SSSR count). The summed E-state index contributed by atoms with van der Waals surface area (Å²) in [7, 11) is 0. The van der Waals surface area contributed by atoms with Crippen molar-refractivity contribution in [3.8, 4) is 0 Å². The molecule has 5 nitrogen and oxygen atoms in total. The van der Waals surface area contributed by atoms with E-state index in [4.69, 9.17) is 11.6 Å². The van der Waals surface area contributed by atoms with Gasteiger partial charge in [0.1, 0.15) is 17.3 Å². The maximum absolute atomic E-state index is 12.8. The van der Waals surface area contributed by atoms with Crippen LogP contribution in [0.15, 0.2) is 24.3 Å². The molecule has 0 saturated heterocycles. The molecule has 2 aromatic rings. The Kier molecular flexibility index (Phi) is 6.07. The van der Waals surface area contributed by atoms with Crippen LogP contribution in [-0.4, -0.2) is 21.9 Å². The lowest BCUT2D eigenvalue weighted by atomic mass is 10.2. The summed E-state index contributed by atoms with van der Waals surface area (Å²) in [6.07, 6.45) is -3.69. The molecule has 0 radical (unpaired) electrons. The average Bonchev–Trinajstić information content (AvgIpc) is 2.55. The van der Waals surface area contributed by atoms with Gasteiger partial charge in [0.05, 0.1) is 16.3 Å². The standard InChI is InChI=1S/C17H18ClF3N4O/c1-4-9(2)22-15-8-14(23-10(3)24-15)16(26)25-13-7-11(17(19,20)21)5-6-12(13)18/h5-9H,4H2,1-3H3,(H,25,26)(H,22,23,24). The normalized spacial score (nSPS) is 12.6. The Bertz CT molecular complexity index is 811. The summed E-state index contributed by atoms with van der Waals surface area (Å²) in [6.45, 7) is 5.57. The molecule has 0 aliphatic carbocycles. The first-order valence-electron chi connectivity index (χ1n) is 7.90. The molecule has 9 heteroatoms. The third-order valence-electron chi connectivity index (χ3n) is 3.62. The van der Waals surface area contributed by atoms with E-state index >= 15 is 0 Å². The van der Waals surface area contributed by atoms with Crippen molar-refractivity contribution in [2.75, 3.05) is 10.6 Å². The molecule has 1 aromatic heterocycles. The number of benzene rings is 1. The highest BCUT2D eigenvalue weighted by atomic mass is 35.5. The lowest BCUT2D eigenvalue weighted by molar-refractivity contribution is -0.137. The van der Waals surface area contributed by atoms with Crippen molar-refractivity contribution in [1.82, 2.24) is 9.97 Å². The van der Waals surface area contributed by atoms with Crippen LogP contribution in [0.3, 0.4) is 0 Å². The van der Waals surface area contributed by atoms with E-state index in [-0.39, 0.29) is 22.4 Å². The summed E-state index contributed by atoms with van der Waals surface area (Å²) in [6, 6.07) is 4.29. The van der Waals surface area contributed by atoms with E-state index < -0.39 is 17.6 Å². The van der Waals surface area contributed by atoms with Crippen molar-refractivity contribution < 1.29 is 18.0 Å². The number of alkyl halides is 3. The summed E-state index contributed by atoms with van der Waals surface area (Å²) in [5.74, 6) is 0.148. The fourth-order valence-electron chi connectivity index (χ4n) is 2.10. The number of carbonyl (C=O) groups is 1. The first kappa shape index (κ1) is 20.0. The van der Waals surface area contributed by atoms with Gasteiger partial charge in [-0.05, 0) is 38.5 Å². The number of aromatic nitrogens is 2. The first-order chi connectivity index (χ1) is 12.1. The number of amides is 1. The van der Waals surface area contributed by atoms with Crippen LogP contribution in [-0.2, 0) is 6.18 Å². The molecule has 1 heterocycles. The molecule has 0 saturated carbocycles. The van der Waals surface area contributed by atoms with Gasteiger partial charge >= 0.3 is 6.18 Å². The zero-order valence-corrected chi connectivity index (χ0v) is 15.2. The van der Waals surface area contributed by atoms with Crippen LogP contribution in [0.2, 0.25) is 5.02 Å². The molecule has 0 aliphatic heterocycles. The molecule has 0 bridgehead atoms. The molecule has 0 fully saturated rings. The quantitative estimate of drug-likeness (QED) is 0.765. The lowest BCUT2D eigenvalue weighted by Gasteiger charge is -2.14. The van der Waals surface area contributed by atoms with Crippen molar-refractivity contribution >= 4 is 29.0 Å². The van der Waals surface area contributed by atoms with E-state index in [1.165, 1.54) is 6.07 Å². The van der Waals surface area contributed by atoms with Crippen LogP contribution >= 0.6 is 11.6 Å². The molecule has 0 aliphatic rings.